The molecular weight excluding hydrogens is 730 g/mol. The van der Waals surface area contributed by atoms with E-state index in [1.807, 2.05) is 0 Å². The van der Waals surface area contributed by atoms with Crippen LogP contribution in [0.25, 0.3) is 11.2 Å². The number of nitrogens with zero attached hydrogens (tertiary/aromatic N) is 6. The van der Waals surface area contributed by atoms with E-state index in [0.29, 0.717) is 17.1 Å². The fourth-order valence-corrected chi connectivity index (χ4v) is 5.47. The van der Waals surface area contributed by atoms with Gasteiger partial charge in [-0.25, -0.2) is 24.2 Å². The van der Waals surface area contributed by atoms with E-state index in [0.717, 1.165) is 0 Å². The highest BCUT2D eigenvalue weighted by molar-refractivity contribution is 5.97. The summed E-state index contributed by atoms with van der Waals surface area (Å²) in [4.78, 5) is 75.3. The van der Waals surface area contributed by atoms with Crippen LogP contribution in [0.2, 0.25) is 0 Å². The Hall–Kier alpha value is -6.14. The number of carbonyl (C=O) groups is 4. The van der Waals surface area contributed by atoms with E-state index in [9.17, 15) is 44.4 Å². The van der Waals surface area contributed by atoms with Crippen LogP contribution in [-0.2, 0) is 43.4 Å². The number of fused-ring (bicyclic) bond motifs is 1. The number of ether oxygens (including phenoxy) is 2. The van der Waals surface area contributed by atoms with Gasteiger partial charge in [0.15, 0.2) is 23.6 Å². The number of aliphatic hydroxyl groups is 3. The molecule has 0 aliphatic carbocycles. The summed E-state index contributed by atoms with van der Waals surface area (Å²) in [6.07, 6.45) is -5.74. The van der Waals surface area contributed by atoms with E-state index >= 15 is 0 Å². The Labute approximate surface area is 309 Å². The van der Waals surface area contributed by atoms with E-state index < -0.39 is 72.1 Å². The quantitative estimate of drug-likeness (QED) is 0.0515. The summed E-state index contributed by atoms with van der Waals surface area (Å²) in [7, 11) is 0. The lowest BCUT2D eigenvalue weighted by Crippen LogP contribution is -2.60. The second kappa shape index (κ2) is 17.8. The number of aliphatic hydroxyl groups excluding tert-OH is 3. The minimum absolute atomic E-state index is 0.0322. The fourth-order valence-electron chi connectivity index (χ4n) is 5.47. The molecule has 4 heterocycles. The molecule has 294 valence electrons. The minimum atomic E-state index is -1.84. The molecule has 7 atom stereocenters. The van der Waals surface area contributed by atoms with E-state index in [2.05, 4.69) is 46.2 Å². The van der Waals surface area contributed by atoms with Gasteiger partial charge in [0.1, 0.15) is 24.4 Å². The number of hydrogen-bond donors (Lipinski definition) is 10. The molecule has 0 radical (unpaired) electrons. The average molecular weight is 770 g/mol. The summed E-state index contributed by atoms with van der Waals surface area (Å²) in [6.45, 7) is 1.87. The van der Waals surface area contributed by atoms with Crippen molar-refractivity contribution in [3.05, 3.63) is 64.0 Å². The molecule has 55 heavy (non-hydrogen) atoms. The summed E-state index contributed by atoms with van der Waals surface area (Å²) in [5, 5.41) is 64.8. The molecule has 11 N–H and O–H groups in total. The van der Waals surface area contributed by atoms with Crippen molar-refractivity contribution in [3.63, 3.8) is 0 Å². The van der Waals surface area contributed by atoms with Gasteiger partial charge in [-0.2, -0.15) is 4.98 Å². The van der Waals surface area contributed by atoms with Gasteiger partial charge >= 0.3 is 11.9 Å². The van der Waals surface area contributed by atoms with Crippen molar-refractivity contribution in [3.8, 4) is 0 Å². The zero-order valence-electron chi connectivity index (χ0n) is 29.1. The molecule has 1 aliphatic rings. The maximum Gasteiger partial charge on any atom is 0.335 e. The second-order valence-corrected chi connectivity index (χ2v) is 12.6. The number of benzene rings is 1. The van der Waals surface area contributed by atoms with Crippen molar-refractivity contribution in [2.45, 2.75) is 82.1 Å². The molecule has 0 bridgehead atoms. The molecule has 1 aliphatic heterocycles. The number of carbonyl (C=O) groups excluding carboxylic acids is 2. The Balaban J connectivity index is 1.03. The predicted molar refractivity (Wildman–Crippen MR) is 186 cm³/mol. The van der Waals surface area contributed by atoms with Crippen LogP contribution in [0.15, 0.2) is 41.5 Å². The number of aromatic nitrogens is 7. The smallest absolute Gasteiger partial charge is 0.335 e. The number of hydrogen-bond acceptors (Lipinski definition) is 17. The molecule has 1 aromatic carbocycles. The van der Waals surface area contributed by atoms with Crippen molar-refractivity contribution < 1.29 is 54.2 Å². The lowest BCUT2D eigenvalue weighted by Gasteiger charge is -2.38. The topological polar surface area (TPSA) is 352 Å². The first-order valence-corrected chi connectivity index (χ1v) is 16.8. The van der Waals surface area contributed by atoms with Crippen LogP contribution in [0.4, 0.5) is 11.6 Å². The second-order valence-electron chi connectivity index (χ2n) is 12.6. The van der Waals surface area contributed by atoms with E-state index in [1.165, 1.54) is 23.0 Å². The van der Waals surface area contributed by atoms with Gasteiger partial charge in [-0.3, -0.25) is 19.4 Å². The molecule has 1 saturated heterocycles. The van der Waals surface area contributed by atoms with Crippen molar-refractivity contribution in [1.82, 2.24) is 45.6 Å². The molecular formula is C32H39N11O12. The van der Waals surface area contributed by atoms with Gasteiger partial charge in [-0.15, -0.1) is 5.10 Å². The first-order chi connectivity index (χ1) is 26.2. The number of H-pyrrole nitrogens is 1. The number of aliphatic carboxylic acids is 2. The van der Waals surface area contributed by atoms with Gasteiger partial charge in [0, 0.05) is 36.3 Å². The zero-order chi connectivity index (χ0) is 39.8. The molecule has 23 heteroatoms. The predicted octanol–water partition coefficient (Wildman–Crippen LogP) is -2.88. The molecule has 0 spiro atoms. The lowest BCUT2D eigenvalue weighted by atomic mass is 9.99. The largest absolute Gasteiger partial charge is 0.480 e. The summed E-state index contributed by atoms with van der Waals surface area (Å²) in [5.74, 6) is -4.04. The van der Waals surface area contributed by atoms with Crippen LogP contribution in [0, 0.1) is 0 Å². The number of carboxylic acid groups (broad SMARTS) is 2. The summed E-state index contributed by atoms with van der Waals surface area (Å²) in [5.41, 5.74) is 6.86. The Morgan fingerprint density at radius 2 is 1.78 bits per heavy atom. The average Bonchev–Trinajstić information content (AvgIpc) is 3.58. The molecule has 4 aromatic rings. The maximum atomic E-state index is 12.8. The fraction of sp³-hybridized carbons (Fsp3) is 0.438. The van der Waals surface area contributed by atoms with E-state index in [1.54, 1.807) is 25.3 Å². The van der Waals surface area contributed by atoms with Crippen molar-refractivity contribution in [2.24, 2.45) is 0 Å². The van der Waals surface area contributed by atoms with Crippen LogP contribution < -0.4 is 27.2 Å². The summed E-state index contributed by atoms with van der Waals surface area (Å²) >= 11 is 0. The number of amides is 2. The molecule has 1 fully saturated rings. The highest BCUT2D eigenvalue weighted by atomic mass is 16.7. The standard InChI is InChI=1S/C32H39N11O12/c1-14(10-17-13-43(42-41-17)8-9-54-31-24(47)22(45)23(46)25(55-31)30(52)53)36-20(44)7-6-19(29(50)51)38-27(48)15-2-4-16(5-3-15)34-11-18-12-35-26-21(37-18)28(49)40-32(33)39-26/h2-5,12-14,19,22-25,31,34,45-47H,6-11H2,1H3,(H,36,44)(H,38,48)(H,50,51)(H,52,53)(H3,33,35,39,40,49)/t14-,19+,22+,23?,24?,25?,31-/m1/s1. The first-order valence-electron chi connectivity index (χ1n) is 16.8. The zero-order valence-corrected chi connectivity index (χ0v) is 29.1. The molecule has 2 amide bonds. The first kappa shape index (κ1) is 40.1. The Kier molecular flexibility index (Phi) is 13.0. The Morgan fingerprint density at radius 3 is 2.49 bits per heavy atom. The number of nitrogens with two attached hydrogens (primary N) is 1. The molecule has 3 aromatic heterocycles. The highest BCUT2D eigenvalue weighted by Gasteiger charge is 2.47. The van der Waals surface area contributed by atoms with Gasteiger partial charge in [-0.05, 0) is 37.6 Å². The third-order valence-corrected chi connectivity index (χ3v) is 8.29. The number of carboxylic acids is 2. The van der Waals surface area contributed by atoms with Crippen molar-refractivity contribution in [1.29, 1.82) is 0 Å². The molecule has 0 saturated carbocycles. The third-order valence-electron chi connectivity index (χ3n) is 8.29. The molecule has 3 unspecified atom stereocenters. The SMILES string of the molecule is C[C@H](Cc1cn(CCO[C@@H]2OC(C(=O)O)C(O)[C@H](O)C2O)nn1)NC(=O)CC[C@H](NC(=O)c1ccc(NCc2cnc3nc(N)[nH]c(=O)c3n2)cc1)C(=O)O. The van der Waals surface area contributed by atoms with E-state index in [-0.39, 0.29) is 61.6 Å². The van der Waals surface area contributed by atoms with Gasteiger partial charge < -0.3 is 56.7 Å². The van der Waals surface area contributed by atoms with Crippen LogP contribution in [-0.4, -0.2) is 134 Å². The van der Waals surface area contributed by atoms with Crippen LogP contribution in [0.5, 0.6) is 0 Å². The van der Waals surface area contributed by atoms with Crippen molar-refractivity contribution in [2.75, 3.05) is 17.7 Å². The van der Waals surface area contributed by atoms with Crippen molar-refractivity contribution >= 4 is 46.6 Å². The maximum absolute atomic E-state index is 12.8. The minimum Gasteiger partial charge on any atom is -0.480 e. The van der Waals surface area contributed by atoms with Gasteiger partial charge in [-0.1, -0.05) is 5.21 Å². The van der Waals surface area contributed by atoms with Gasteiger partial charge in [0.05, 0.1) is 37.3 Å². The van der Waals surface area contributed by atoms with Crippen LogP contribution >= 0.6 is 0 Å². The normalized spacial score (nSPS) is 20.7. The number of aromatic amines is 1. The Bertz CT molecular complexity index is 2060. The number of nitrogens with one attached hydrogen (secondary N) is 4. The van der Waals surface area contributed by atoms with E-state index in [4.69, 9.17) is 20.3 Å². The van der Waals surface area contributed by atoms with Gasteiger partial charge in [0.2, 0.25) is 11.9 Å². The monoisotopic (exact) mass is 769 g/mol. The molecule has 23 nitrogen and oxygen atoms in total. The Morgan fingerprint density at radius 1 is 1.04 bits per heavy atom. The summed E-state index contributed by atoms with van der Waals surface area (Å²) < 4.78 is 11.8. The highest BCUT2D eigenvalue weighted by Crippen LogP contribution is 2.22. The number of rotatable bonds is 17. The van der Waals surface area contributed by atoms with Crippen LogP contribution in [0.1, 0.15) is 41.5 Å². The van der Waals surface area contributed by atoms with Crippen LogP contribution in [0.3, 0.4) is 0 Å². The lowest BCUT2D eigenvalue weighted by molar-refractivity contribution is -0.294. The third kappa shape index (κ3) is 10.5. The van der Waals surface area contributed by atoms with Gasteiger partial charge in [0.25, 0.3) is 11.5 Å². The molecule has 5 rings (SSSR count). The number of anilines is 2. The summed E-state index contributed by atoms with van der Waals surface area (Å²) in [6, 6.07) is 4.39. The number of nitrogen functional groups attached to an aromatic ring is 1.